The minimum Gasteiger partial charge on any atom is -0.357 e. The van der Waals surface area contributed by atoms with Crippen molar-refractivity contribution in [2.45, 2.75) is 12.8 Å². The van der Waals surface area contributed by atoms with E-state index in [2.05, 4.69) is 35.1 Å². The smallest absolute Gasteiger partial charge is 0.257 e. The summed E-state index contributed by atoms with van der Waals surface area (Å²) in [5.74, 6) is 1.37. The van der Waals surface area contributed by atoms with Crippen LogP contribution < -0.4 is 10.2 Å². The lowest BCUT2D eigenvalue weighted by Gasteiger charge is -2.16. The molecule has 4 heterocycles. The zero-order valence-electron chi connectivity index (χ0n) is 15.7. The summed E-state index contributed by atoms with van der Waals surface area (Å²) in [6.07, 6.45) is 8.91. The lowest BCUT2D eigenvalue weighted by molar-refractivity contribution is 0.102. The summed E-state index contributed by atoms with van der Waals surface area (Å²) in [6.45, 7) is 2.05. The summed E-state index contributed by atoms with van der Waals surface area (Å²) < 4.78 is 0. The van der Waals surface area contributed by atoms with Crippen LogP contribution in [0.2, 0.25) is 0 Å². The molecule has 0 unspecified atom stereocenters. The molecule has 0 atom stereocenters. The van der Waals surface area contributed by atoms with Gasteiger partial charge in [-0.15, -0.1) is 0 Å². The summed E-state index contributed by atoms with van der Waals surface area (Å²) in [4.78, 5) is 35.3. The van der Waals surface area contributed by atoms with Crippen LogP contribution in [0.1, 0.15) is 23.2 Å². The molecule has 29 heavy (non-hydrogen) atoms. The maximum absolute atomic E-state index is 12.6. The second-order valence-corrected chi connectivity index (χ2v) is 6.96. The van der Waals surface area contributed by atoms with E-state index < -0.39 is 0 Å². The summed E-state index contributed by atoms with van der Waals surface area (Å²) in [6, 6.07) is 9.26. The molecule has 1 fully saturated rings. The molecule has 0 aliphatic carbocycles. The van der Waals surface area contributed by atoms with Crippen molar-refractivity contribution in [1.82, 2.24) is 24.9 Å². The van der Waals surface area contributed by atoms with Crippen LogP contribution in [0.25, 0.3) is 22.6 Å². The van der Waals surface area contributed by atoms with Crippen LogP contribution in [-0.2, 0) is 0 Å². The topological polar surface area (TPSA) is 99.7 Å². The molecule has 0 spiro atoms. The second kappa shape index (κ2) is 7.31. The van der Waals surface area contributed by atoms with E-state index in [1.807, 2.05) is 30.3 Å². The second-order valence-electron chi connectivity index (χ2n) is 6.96. The number of fused-ring (bicyclic) bond motifs is 1. The Labute approximate surface area is 167 Å². The van der Waals surface area contributed by atoms with Gasteiger partial charge in [0.15, 0.2) is 5.82 Å². The van der Waals surface area contributed by atoms with E-state index in [1.54, 1.807) is 24.8 Å². The van der Waals surface area contributed by atoms with Crippen LogP contribution >= 0.6 is 0 Å². The maximum atomic E-state index is 12.6. The number of amides is 1. The molecule has 8 heteroatoms. The third kappa shape index (κ3) is 3.52. The largest absolute Gasteiger partial charge is 0.357 e. The highest BCUT2D eigenvalue weighted by Gasteiger charge is 2.15. The fraction of sp³-hybridized carbons (Fsp3) is 0.190. The number of benzene rings is 1. The van der Waals surface area contributed by atoms with Gasteiger partial charge in [-0.25, -0.2) is 15.0 Å². The van der Waals surface area contributed by atoms with Crippen molar-refractivity contribution >= 4 is 28.4 Å². The Morgan fingerprint density at radius 3 is 2.69 bits per heavy atom. The number of nitrogens with one attached hydrogen (secondary N) is 2. The van der Waals surface area contributed by atoms with E-state index in [1.165, 1.54) is 12.8 Å². The van der Waals surface area contributed by atoms with Gasteiger partial charge in [-0.05, 0) is 43.2 Å². The van der Waals surface area contributed by atoms with E-state index in [4.69, 9.17) is 0 Å². The van der Waals surface area contributed by atoms with Gasteiger partial charge in [0.2, 0.25) is 0 Å². The number of pyridine rings is 1. The summed E-state index contributed by atoms with van der Waals surface area (Å²) >= 11 is 0. The normalized spacial score (nSPS) is 13.7. The average Bonchev–Trinajstić information content (AvgIpc) is 3.44. The molecule has 1 aliphatic heterocycles. The zero-order chi connectivity index (χ0) is 19.6. The van der Waals surface area contributed by atoms with Gasteiger partial charge < -0.3 is 15.2 Å². The number of anilines is 2. The van der Waals surface area contributed by atoms with Crippen LogP contribution in [0.15, 0.2) is 55.1 Å². The van der Waals surface area contributed by atoms with Crippen molar-refractivity contribution in [1.29, 1.82) is 0 Å². The highest BCUT2D eigenvalue weighted by Crippen LogP contribution is 2.22. The predicted molar refractivity (Wildman–Crippen MR) is 111 cm³/mol. The quantitative estimate of drug-likeness (QED) is 0.559. The molecule has 1 saturated heterocycles. The van der Waals surface area contributed by atoms with Crippen molar-refractivity contribution in [3.63, 3.8) is 0 Å². The maximum Gasteiger partial charge on any atom is 0.257 e. The summed E-state index contributed by atoms with van der Waals surface area (Å²) in [5.41, 5.74) is 3.48. The van der Waals surface area contributed by atoms with Gasteiger partial charge in [0.25, 0.3) is 5.91 Å². The van der Waals surface area contributed by atoms with Gasteiger partial charge in [0, 0.05) is 37.4 Å². The van der Waals surface area contributed by atoms with Crippen molar-refractivity contribution in [3.8, 4) is 11.5 Å². The Balaban J connectivity index is 1.33. The minimum atomic E-state index is -0.196. The first-order chi connectivity index (χ1) is 14.3. The number of hydrogen-bond acceptors (Lipinski definition) is 6. The monoisotopic (exact) mass is 385 g/mol. The molecular weight excluding hydrogens is 366 g/mol. The van der Waals surface area contributed by atoms with Crippen LogP contribution in [0, 0.1) is 0 Å². The number of carbonyl (C=O) groups is 1. The van der Waals surface area contributed by atoms with Crippen molar-refractivity contribution in [3.05, 3.63) is 60.7 Å². The molecule has 5 rings (SSSR count). The molecule has 0 radical (unpaired) electrons. The van der Waals surface area contributed by atoms with Crippen molar-refractivity contribution in [2.75, 3.05) is 23.3 Å². The van der Waals surface area contributed by atoms with Crippen LogP contribution in [0.5, 0.6) is 0 Å². The molecule has 0 saturated carbocycles. The molecule has 144 valence electrons. The Bertz CT molecular complexity index is 1150. The van der Waals surface area contributed by atoms with Gasteiger partial charge >= 0.3 is 0 Å². The number of hydrogen-bond donors (Lipinski definition) is 2. The standard InChI is InChI=1S/C21H19N7O/c29-21(14-3-6-19(24-12-14)28-9-1-2-10-28)25-15-4-5-16-17(11-15)27-20(26-16)18-13-22-7-8-23-18/h3-8,11-13H,1-2,9-10H2,(H,25,29)(H,26,27). The first kappa shape index (κ1) is 17.3. The highest BCUT2D eigenvalue weighted by molar-refractivity contribution is 6.04. The van der Waals surface area contributed by atoms with Crippen LogP contribution in [0.3, 0.4) is 0 Å². The van der Waals surface area contributed by atoms with Crippen molar-refractivity contribution < 1.29 is 4.79 Å². The van der Waals surface area contributed by atoms with Crippen molar-refractivity contribution in [2.24, 2.45) is 0 Å². The predicted octanol–water partition coefficient (Wildman–Crippen LogP) is 3.27. The Hall–Kier alpha value is -3.81. The molecule has 1 aromatic carbocycles. The number of aromatic amines is 1. The fourth-order valence-corrected chi connectivity index (χ4v) is 3.49. The molecular formula is C21H19N7O. The lowest BCUT2D eigenvalue weighted by atomic mass is 10.2. The van der Waals surface area contributed by atoms with E-state index in [0.717, 1.165) is 29.9 Å². The van der Waals surface area contributed by atoms with E-state index >= 15 is 0 Å². The molecule has 1 aliphatic rings. The molecule has 3 aromatic heterocycles. The Kier molecular flexibility index (Phi) is 4.36. The van der Waals surface area contributed by atoms with Crippen LogP contribution in [0.4, 0.5) is 11.5 Å². The van der Waals surface area contributed by atoms with Gasteiger partial charge in [-0.2, -0.15) is 0 Å². The molecule has 0 bridgehead atoms. The summed E-state index contributed by atoms with van der Waals surface area (Å²) in [7, 11) is 0. The van der Waals surface area contributed by atoms with Gasteiger partial charge in [0.1, 0.15) is 11.5 Å². The van der Waals surface area contributed by atoms with E-state index in [-0.39, 0.29) is 5.91 Å². The molecule has 1 amide bonds. The third-order valence-corrected chi connectivity index (χ3v) is 4.99. The number of rotatable bonds is 4. The number of aromatic nitrogens is 5. The lowest BCUT2D eigenvalue weighted by Crippen LogP contribution is -2.19. The van der Waals surface area contributed by atoms with E-state index in [9.17, 15) is 4.79 Å². The van der Waals surface area contributed by atoms with E-state index in [0.29, 0.717) is 22.8 Å². The minimum absolute atomic E-state index is 0.196. The zero-order valence-corrected chi connectivity index (χ0v) is 15.7. The highest BCUT2D eigenvalue weighted by atomic mass is 16.1. The SMILES string of the molecule is O=C(Nc1ccc2nc(-c3cnccn3)[nH]c2c1)c1ccc(N2CCCC2)nc1. The first-order valence-corrected chi connectivity index (χ1v) is 9.55. The number of carbonyl (C=O) groups excluding carboxylic acids is 1. The number of imidazole rings is 1. The Morgan fingerprint density at radius 2 is 1.93 bits per heavy atom. The molecule has 4 aromatic rings. The Morgan fingerprint density at radius 1 is 1.03 bits per heavy atom. The third-order valence-electron chi connectivity index (χ3n) is 4.99. The van der Waals surface area contributed by atoms with Gasteiger partial charge in [-0.3, -0.25) is 9.78 Å². The molecule has 8 nitrogen and oxygen atoms in total. The fourth-order valence-electron chi connectivity index (χ4n) is 3.49. The molecule has 2 N–H and O–H groups in total. The average molecular weight is 385 g/mol. The number of nitrogens with zero attached hydrogens (tertiary/aromatic N) is 5. The van der Waals surface area contributed by atoms with Gasteiger partial charge in [0.05, 0.1) is 22.8 Å². The number of H-pyrrole nitrogens is 1. The summed E-state index contributed by atoms with van der Waals surface area (Å²) in [5, 5.41) is 2.92. The van der Waals surface area contributed by atoms with Gasteiger partial charge in [-0.1, -0.05) is 0 Å². The first-order valence-electron chi connectivity index (χ1n) is 9.55. The van der Waals surface area contributed by atoms with Crippen LogP contribution in [-0.4, -0.2) is 43.9 Å².